The van der Waals surface area contributed by atoms with E-state index in [2.05, 4.69) is 4.74 Å². The van der Waals surface area contributed by atoms with Crippen LogP contribution in [0.3, 0.4) is 0 Å². The zero-order valence-electron chi connectivity index (χ0n) is 11.2. The first-order valence-electron chi connectivity index (χ1n) is 6.42. The second kappa shape index (κ2) is 5.81. The van der Waals surface area contributed by atoms with Crippen LogP contribution in [-0.4, -0.2) is 47.2 Å². The van der Waals surface area contributed by atoms with Crippen molar-refractivity contribution in [3.63, 3.8) is 0 Å². The number of hydrogen-bond acceptors (Lipinski definition) is 5. The average molecular weight is 279 g/mol. The molecule has 1 saturated heterocycles. The minimum Gasteiger partial charge on any atom is -0.507 e. The summed E-state index contributed by atoms with van der Waals surface area (Å²) < 4.78 is 4.69. The lowest BCUT2D eigenvalue weighted by molar-refractivity contribution is -0.146. The molecule has 6 nitrogen and oxygen atoms in total. The molecular weight excluding hydrogens is 262 g/mol. The number of carbonyl (C=O) groups excluding carboxylic acids is 2. The van der Waals surface area contributed by atoms with Crippen LogP contribution >= 0.6 is 0 Å². The first-order valence-corrected chi connectivity index (χ1v) is 6.42. The maximum Gasteiger partial charge on any atom is 0.308 e. The molecule has 1 aliphatic heterocycles. The van der Waals surface area contributed by atoms with Gasteiger partial charge in [0.25, 0.3) is 5.91 Å². The second-order valence-corrected chi connectivity index (χ2v) is 4.76. The van der Waals surface area contributed by atoms with Crippen LogP contribution < -0.4 is 0 Å². The summed E-state index contributed by atoms with van der Waals surface area (Å²) in [4.78, 5) is 25.2. The van der Waals surface area contributed by atoms with Crippen LogP contribution in [0.5, 0.6) is 11.5 Å². The van der Waals surface area contributed by atoms with Gasteiger partial charge >= 0.3 is 5.97 Å². The van der Waals surface area contributed by atoms with Gasteiger partial charge in [0.05, 0.1) is 13.0 Å². The molecule has 0 saturated carbocycles. The van der Waals surface area contributed by atoms with Gasteiger partial charge in [-0.3, -0.25) is 9.59 Å². The molecule has 6 heteroatoms. The molecule has 1 heterocycles. The fraction of sp³-hybridized carbons (Fsp3) is 0.429. The van der Waals surface area contributed by atoms with Gasteiger partial charge < -0.3 is 19.8 Å². The van der Waals surface area contributed by atoms with E-state index < -0.39 is 5.91 Å². The van der Waals surface area contributed by atoms with Gasteiger partial charge in [0, 0.05) is 13.1 Å². The van der Waals surface area contributed by atoms with Crippen molar-refractivity contribution >= 4 is 11.9 Å². The number of nitrogens with zero attached hydrogens (tertiary/aromatic N) is 1. The Morgan fingerprint density at radius 2 is 1.75 bits per heavy atom. The van der Waals surface area contributed by atoms with Crippen LogP contribution in [-0.2, 0) is 9.53 Å². The number of phenols is 2. The third kappa shape index (κ3) is 2.68. The van der Waals surface area contributed by atoms with E-state index in [4.69, 9.17) is 0 Å². The highest BCUT2D eigenvalue weighted by Crippen LogP contribution is 2.29. The average Bonchev–Trinajstić information content (AvgIpc) is 2.46. The number of rotatable bonds is 2. The number of methoxy groups -OCH3 is 1. The number of amides is 1. The Balaban J connectivity index is 2.07. The van der Waals surface area contributed by atoms with E-state index in [1.165, 1.54) is 30.2 Å². The Labute approximate surface area is 116 Å². The number of likely N-dealkylation sites (tertiary alicyclic amines) is 1. The largest absolute Gasteiger partial charge is 0.507 e. The Morgan fingerprint density at radius 1 is 1.20 bits per heavy atom. The van der Waals surface area contributed by atoms with Crippen molar-refractivity contribution in [2.75, 3.05) is 20.2 Å². The van der Waals surface area contributed by atoms with Gasteiger partial charge in [-0.25, -0.2) is 0 Å². The fourth-order valence-electron chi connectivity index (χ4n) is 2.39. The van der Waals surface area contributed by atoms with Gasteiger partial charge in [-0.05, 0) is 25.0 Å². The summed E-state index contributed by atoms with van der Waals surface area (Å²) in [6, 6.07) is 4.17. The van der Waals surface area contributed by atoms with Crippen LogP contribution in [0, 0.1) is 5.92 Å². The van der Waals surface area contributed by atoms with Crippen molar-refractivity contribution in [1.82, 2.24) is 4.90 Å². The molecule has 2 N–H and O–H groups in total. The topological polar surface area (TPSA) is 87.1 Å². The number of esters is 1. The summed E-state index contributed by atoms with van der Waals surface area (Å²) >= 11 is 0. The van der Waals surface area contributed by atoms with Crippen molar-refractivity contribution in [2.24, 2.45) is 5.92 Å². The quantitative estimate of drug-likeness (QED) is 0.792. The second-order valence-electron chi connectivity index (χ2n) is 4.76. The Morgan fingerprint density at radius 3 is 2.25 bits per heavy atom. The van der Waals surface area contributed by atoms with Crippen LogP contribution in [0.1, 0.15) is 23.2 Å². The highest BCUT2D eigenvalue weighted by atomic mass is 16.5. The lowest BCUT2D eigenvalue weighted by Gasteiger charge is -2.31. The summed E-state index contributed by atoms with van der Waals surface area (Å²) in [5, 5.41) is 19.4. The Kier molecular flexibility index (Phi) is 4.12. The lowest BCUT2D eigenvalue weighted by atomic mass is 9.96. The lowest BCUT2D eigenvalue weighted by Crippen LogP contribution is -2.40. The molecule has 0 bridgehead atoms. The van der Waals surface area contributed by atoms with Crippen molar-refractivity contribution in [3.05, 3.63) is 23.8 Å². The number of hydrogen-bond donors (Lipinski definition) is 2. The molecule has 0 spiro atoms. The van der Waals surface area contributed by atoms with Crippen molar-refractivity contribution in [1.29, 1.82) is 0 Å². The zero-order chi connectivity index (χ0) is 14.7. The standard InChI is InChI=1S/C14H17NO5/c1-20-14(19)9-5-7-15(8-6-9)13(18)12-10(16)3-2-4-11(12)17/h2-4,9,16-17H,5-8H2,1H3. The van der Waals surface area contributed by atoms with E-state index in [0.717, 1.165) is 0 Å². The predicted octanol–water partition coefficient (Wildman–Crippen LogP) is 1.12. The molecule has 0 radical (unpaired) electrons. The number of aromatic hydroxyl groups is 2. The van der Waals surface area contributed by atoms with Gasteiger partial charge in [0.1, 0.15) is 17.1 Å². The number of carbonyl (C=O) groups is 2. The van der Waals surface area contributed by atoms with Gasteiger partial charge in [-0.1, -0.05) is 6.07 Å². The summed E-state index contributed by atoms with van der Waals surface area (Å²) in [7, 11) is 1.35. The minimum absolute atomic E-state index is 0.0935. The number of phenolic OH excluding ortho intramolecular Hbond substituents is 2. The SMILES string of the molecule is COC(=O)C1CCN(C(=O)c2c(O)cccc2O)CC1. The molecule has 0 aromatic heterocycles. The summed E-state index contributed by atoms with van der Waals surface area (Å²) in [6.07, 6.45) is 1.04. The van der Waals surface area contributed by atoms with Crippen LogP contribution in [0.4, 0.5) is 0 Å². The molecule has 0 unspecified atom stereocenters. The number of ether oxygens (including phenoxy) is 1. The van der Waals surface area contributed by atoms with E-state index in [1.807, 2.05) is 0 Å². The molecule has 1 fully saturated rings. The van der Waals surface area contributed by atoms with Crippen LogP contribution in [0.2, 0.25) is 0 Å². The molecule has 0 atom stereocenters. The molecule has 1 aliphatic rings. The van der Waals surface area contributed by atoms with E-state index >= 15 is 0 Å². The highest BCUT2D eigenvalue weighted by Gasteiger charge is 2.30. The van der Waals surface area contributed by atoms with Crippen molar-refractivity contribution < 1.29 is 24.5 Å². The third-order valence-electron chi connectivity index (χ3n) is 3.55. The Bertz CT molecular complexity index is 500. The first-order chi connectivity index (χ1) is 9.54. The van der Waals surface area contributed by atoms with E-state index in [9.17, 15) is 19.8 Å². The van der Waals surface area contributed by atoms with Crippen LogP contribution in [0.15, 0.2) is 18.2 Å². The van der Waals surface area contributed by atoms with Gasteiger partial charge in [0.15, 0.2) is 0 Å². The molecule has 108 valence electrons. The monoisotopic (exact) mass is 279 g/mol. The number of piperidine rings is 1. The maximum atomic E-state index is 12.3. The summed E-state index contributed by atoms with van der Waals surface area (Å²) in [6.45, 7) is 0.790. The maximum absolute atomic E-state index is 12.3. The normalized spacial score (nSPS) is 15.9. The highest BCUT2D eigenvalue weighted by molar-refractivity contribution is 5.99. The van der Waals surface area contributed by atoms with Crippen molar-refractivity contribution in [3.8, 4) is 11.5 Å². The molecule has 20 heavy (non-hydrogen) atoms. The predicted molar refractivity (Wildman–Crippen MR) is 70.4 cm³/mol. The molecule has 1 aromatic carbocycles. The minimum atomic E-state index is -0.427. The van der Waals surface area contributed by atoms with Crippen molar-refractivity contribution in [2.45, 2.75) is 12.8 Å². The van der Waals surface area contributed by atoms with Gasteiger partial charge in [0.2, 0.25) is 0 Å². The van der Waals surface area contributed by atoms with E-state index in [1.54, 1.807) is 0 Å². The third-order valence-corrected chi connectivity index (χ3v) is 3.55. The molecule has 0 aliphatic carbocycles. The van der Waals surface area contributed by atoms with Gasteiger partial charge in [-0.15, -0.1) is 0 Å². The molecule has 2 rings (SSSR count). The molecule has 1 amide bonds. The molecular formula is C14H17NO5. The number of benzene rings is 1. The van der Waals surface area contributed by atoms with E-state index in [-0.39, 0.29) is 28.9 Å². The van der Waals surface area contributed by atoms with E-state index in [0.29, 0.717) is 25.9 Å². The smallest absolute Gasteiger partial charge is 0.308 e. The fourth-order valence-corrected chi connectivity index (χ4v) is 2.39. The van der Waals surface area contributed by atoms with Crippen LogP contribution in [0.25, 0.3) is 0 Å². The Hall–Kier alpha value is -2.24. The summed E-state index contributed by atoms with van der Waals surface area (Å²) in [5.41, 5.74) is -0.0935. The first kappa shape index (κ1) is 14.2. The zero-order valence-corrected chi connectivity index (χ0v) is 11.2. The van der Waals surface area contributed by atoms with Gasteiger partial charge in [-0.2, -0.15) is 0 Å². The summed E-state index contributed by atoms with van der Waals surface area (Å²) in [5.74, 6) is -1.37. The molecule has 1 aromatic rings.